The number of nitrogens with zero attached hydrogens (tertiary/aromatic N) is 2. The van der Waals surface area contributed by atoms with E-state index in [9.17, 15) is 0 Å². The fourth-order valence-corrected chi connectivity index (χ4v) is 10.4. The van der Waals surface area contributed by atoms with Crippen LogP contribution in [-0.4, -0.2) is 64.1 Å². The Labute approximate surface area is 165 Å². The molecule has 130 valence electrons. The Hall–Kier alpha value is -1.56. The van der Waals surface area contributed by atoms with Gasteiger partial charge in [-0.25, -0.2) is 0 Å². The average Bonchev–Trinajstić information content (AvgIpc) is 3.08. The molecule has 0 saturated carbocycles. The summed E-state index contributed by atoms with van der Waals surface area (Å²) in [6.45, 7) is 2.35. The number of benzene rings is 3. The van der Waals surface area contributed by atoms with Crippen LogP contribution < -0.4 is 10.7 Å². The molecule has 0 spiro atoms. The van der Waals surface area contributed by atoms with E-state index in [2.05, 4.69) is 122 Å². The zero-order valence-corrected chi connectivity index (χ0v) is 18.4. The van der Waals surface area contributed by atoms with Gasteiger partial charge in [-0.3, -0.25) is 0 Å². The van der Waals surface area contributed by atoms with E-state index >= 15 is 0 Å². The molecule has 1 aliphatic heterocycles. The van der Waals surface area contributed by atoms with E-state index in [0.717, 1.165) is 0 Å². The first-order chi connectivity index (χ1) is 12.7. The molecule has 1 heterocycles. The number of rotatable bonds is 3. The molecule has 1 fully saturated rings. The van der Waals surface area contributed by atoms with E-state index in [4.69, 9.17) is 0 Å². The maximum atomic E-state index is 2.29. The fourth-order valence-electron chi connectivity index (χ4n) is 3.08. The van der Waals surface area contributed by atoms with Crippen molar-refractivity contribution in [3.63, 3.8) is 0 Å². The van der Waals surface area contributed by atoms with Crippen molar-refractivity contribution in [2.75, 3.05) is 27.2 Å². The second-order valence-electron chi connectivity index (χ2n) is 6.55. The molecular formula is C22H25BN2Sn. The third kappa shape index (κ3) is 5.47. The zero-order valence-electron chi connectivity index (χ0n) is 15.5. The quantitative estimate of drug-likeness (QED) is 0.564. The Morgan fingerprint density at radius 3 is 1.12 bits per heavy atom. The van der Waals surface area contributed by atoms with Crippen molar-refractivity contribution in [2.24, 2.45) is 0 Å². The van der Waals surface area contributed by atoms with E-state index in [0.29, 0.717) is 0 Å². The number of hydrogen-bond donors (Lipinski definition) is 0. The molecule has 3 aromatic carbocycles. The zero-order chi connectivity index (χ0) is 18.2. The van der Waals surface area contributed by atoms with Crippen LogP contribution in [0, 0.1) is 0 Å². The molecule has 2 radical (unpaired) electrons. The molecule has 26 heavy (non-hydrogen) atoms. The summed E-state index contributed by atoms with van der Waals surface area (Å²) in [6, 6.07) is 32.9. The van der Waals surface area contributed by atoms with E-state index in [1.165, 1.54) is 23.8 Å². The van der Waals surface area contributed by atoms with Crippen LogP contribution in [0.5, 0.6) is 0 Å². The summed E-state index contributed by atoms with van der Waals surface area (Å²) in [5.74, 6) is 0. The summed E-state index contributed by atoms with van der Waals surface area (Å²) in [4.78, 5) is 4.36. The molecular weight excluding hydrogens is 422 g/mol. The Balaban J connectivity index is 0.000000236. The SMILES string of the molecule is CN1[B]N(C)CC1.c1cc[c]([Sn]([c]2ccccc2)[c]2ccccc2)cc1. The molecule has 0 unspecified atom stereocenters. The van der Waals surface area contributed by atoms with Gasteiger partial charge in [-0.05, 0) is 27.2 Å². The predicted molar refractivity (Wildman–Crippen MR) is 115 cm³/mol. The Kier molecular flexibility index (Phi) is 7.36. The maximum absolute atomic E-state index is 2.29. The molecule has 0 aliphatic carbocycles. The van der Waals surface area contributed by atoms with Crippen molar-refractivity contribution in [2.45, 2.75) is 0 Å². The van der Waals surface area contributed by atoms with Crippen molar-refractivity contribution in [3.05, 3.63) is 91.0 Å². The van der Waals surface area contributed by atoms with Crippen molar-refractivity contribution in [1.82, 2.24) is 9.62 Å². The van der Waals surface area contributed by atoms with Crippen molar-refractivity contribution < 1.29 is 0 Å². The van der Waals surface area contributed by atoms with E-state index in [1.54, 1.807) is 0 Å². The van der Waals surface area contributed by atoms with E-state index in [-0.39, 0.29) is 0 Å². The third-order valence-corrected chi connectivity index (χ3v) is 12.2. The fraction of sp³-hybridized carbons (Fsp3) is 0.182. The molecule has 0 aromatic heterocycles. The van der Waals surface area contributed by atoms with Crippen molar-refractivity contribution >= 4 is 38.0 Å². The summed E-state index contributed by atoms with van der Waals surface area (Å²) < 4.78 is 4.59. The molecule has 2 nitrogen and oxygen atoms in total. The van der Waals surface area contributed by atoms with Crippen LogP contribution in [0.2, 0.25) is 0 Å². The molecule has 0 N–H and O–H groups in total. The Bertz CT molecular complexity index is 666. The van der Waals surface area contributed by atoms with E-state index < -0.39 is 19.8 Å². The Morgan fingerprint density at radius 2 is 0.885 bits per heavy atom. The first-order valence-corrected chi connectivity index (χ1v) is 13.3. The second-order valence-corrected chi connectivity index (χ2v) is 13.6. The molecule has 0 atom stereocenters. The normalized spacial score (nSPS) is 14.6. The summed E-state index contributed by atoms with van der Waals surface area (Å²) >= 11 is -1.98. The molecule has 1 saturated heterocycles. The van der Waals surface area contributed by atoms with Crippen LogP contribution in [0.4, 0.5) is 0 Å². The molecule has 4 heteroatoms. The molecule has 3 aromatic rings. The van der Waals surface area contributed by atoms with Gasteiger partial charge in [0.05, 0.1) is 0 Å². The molecule has 1 aliphatic rings. The van der Waals surface area contributed by atoms with Gasteiger partial charge in [-0.2, -0.15) is 0 Å². The van der Waals surface area contributed by atoms with Gasteiger partial charge < -0.3 is 9.62 Å². The van der Waals surface area contributed by atoms with Crippen LogP contribution in [-0.2, 0) is 0 Å². The van der Waals surface area contributed by atoms with Gasteiger partial charge in [-0.1, -0.05) is 0 Å². The minimum absolute atomic E-state index is 1.18. The second kappa shape index (κ2) is 9.95. The first kappa shape index (κ1) is 19.2. The first-order valence-electron chi connectivity index (χ1n) is 9.03. The summed E-state index contributed by atoms with van der Waals surface area (Å²) in [5, 5.41) is 0. The molecule has 0 bridgehead atoms. The van der Waals surface area contributed by atoms with Crippen LogP contribution >= 0.6 is 0 Å². The van der Waals surface area contributed by atoms with Crippen molar-refractivity contribution in [3.8, 4) is 0 Å². The molecule has 4 rings (SSSR count). The van der Waals surface area contributed by atoms with Crippen LogP contribution in [0.1, 0.15) is 0 Å². The standard InChI is InChI=1S/3C6H5.C4H10BN2.Sn/c3*1-2-4-6-5-3-1;1-6-3-4-7(2)5-6;/h3*1-5H;3-4H2,1-2H3;. The van der Waals surface area contributed by atoms with Crippen molar-refractivity contribution in [1.29, 1.82) is 0 Å². The van der Waals surface area contributed by atoms with Crippen LogP contribution in [0.15, 0.2) is 91.0 Å². The predicted octanol–water partition coefficient (Wildman–Crippen LogP) is 1.60. The number of likely N-dealkylation sites (N-methyl/N-ethyl adjacent to an activating group) is 2. The monoisotopic (exact) mass is 448 g/mol. The number of hydrogen-bond acceptors (Lipinski definition) is 2. The topological polar surface area (TPSA) is 6.48 Å². The van der Waals surface area contributed by atoms with Gasteiger partial charge in [0.15, 0.2) is 0 Å². The van der Waals surface area contributed by atoms with Gasteiger partial charge in [-0.15, -0.1) is 0 Å². The van der Waals surface area contributed by atoms with Gasteiger partial charge in [0, 0.05) is 0 Å². The van der Waals surface area contributed by atoms with E-state index in [1.807, 2.05) is 0 Å². The van der Waals surface area contributed by atoms with Gasteiger partial charge in [0.2, 0.25) is 0 Å². The minimum atomic E-state index is -1.98. The summed E-state index contributed by atoms with van der Waals surface area (Å²) in [5.41, 5.74) is 0. The van der Waals surface area contributed by atoms with Gasteiger partial charge >= 0.3 is 129 Å². The molecule has 0 amide bonds. The van der Waals surface area contributed by atoms with Gasteiger partial charge in [0.25, 0.3) is 0 Å². The van der Waals surface area contributed by atoms with Crippen LogP contribution in [0.25, 0.3) is 0 Å². The summed E-state index contributed by atoms with van der Waals surface area (Å²) in [7, 11) is 6.28. The summed E-state index contributed by atoms with van der Waals surface area (Å²) in [6.07, 6.45) is 0. The third-order valence-electron chi connectivity index (χ3n) is 4.39. The Morgan fingerprint density at radius 1 is 0.577 bits per heavy atom. The average molecular weight is 447 g/mol. The van der Waals surface area contributed by atoms with Crippen LogP contribution in [0.3, 0.4) is 0 Å². The van der Waals surface area contributed by atoms with Gasteiger partial charge in [0.1, 0.15) is 0 Å².